The highest BCUT2D eigenvalue weighted by atomic mass is 32.1. The second-order valence-electron chi connectivity index (χ2n) is 4.82. The molecule has 1 aromatic rings. The Balaban J connectivity index is 2.16. The van der Waals surface area contributed by atoms with Gasteiger partial charge in [0.15, 0.2) is 0 Å². The molecule has 1 aliphatic heterocycles. The first-order chi connectivity index (χ1) is 10.4. The molecule has 0 aliphatic carbocycles. The monoisotopic (exact) mass is 327 g/mol. The molecule has 0 bridgehead atoms. The van der Waals surface area contributed by atoms with Gasteiger partial charge in [-0.25, -0.2) is 0 Å². The topological polar surface area (TPSA) is 117 Å². The lowest BCUT2D eigenvalue weighted by atomic mass is 10.0. The molecule has 2 unspecified atom stereocenters. The van der Waals surface area contributed by atoms with Crippen LogP contribution in [0.1, 0.15) is 30.1 Å². The molecule has 2 heterocycles. The average Bonchev–Trinajstić information content (AvgIpc) is 2.83. The highest BCUT2D eigenvalue weighted by molar-refractivity contribution is 7.15. The lowest BCUT2D eigenvalue weighted by molar-refractivity contribution is -0.127. The molecular weight excluding hydrogens is 310 g/mol. The van der Waals surface area contributed by atoms with Gasteiger partial charge in [0.25, 0.3) is 5.91 Å². The Hall–Kier alpha value is -2.13. The van der Waals surface area contributed by atoms with Gasteiger partial charge in [-0.15, -0.1) is 11.3 Å². The molecule has 0 aromatic carbocycles. The first-order valence-corrected chi connectivity index (χ1v) is 7.51. The Morgan fingerprint density at radius 2 is 2.23 bits per heavy atom. The van der Waals surface area contributed by atoms with Gasteiger partial charge in [0.05, 0.1) is 13.2 Å². The van der Waals surface area contributed by atoms with E-state index in [1.165, 1.54) is 25.4 Å². The van der Waals surface area contributed by atoms with Gasteiger partial charge in [-0.1, -0.05) is 0 Å². The molecule has 1 saturated heterocycles. The molecule has 0 radical (unpaired) electrons. The number of carbonyl (C=O) groups excluding carboxylic acids is 3. The summed E-state index contributed by atoms with van der Waals surface area (Å²) in [6.45, 7) is 1.34. The molecule has 120 valence electrons. The number of nitrogens with one attached hydrogen (secondary N) is 3. The number of thiophene rings is 1. The lowest BCUT2D eigenvalue weighted by Gasteiger charge is -2.29. The molecule has 3 amide bonds. The fourth-order valence-corrected chi connectivity index (χ4v) is 3.09. The highest BCUT2D eigenvalue weighted by Crippen LogP contribution is 2.34. The number of carbonyl (C=O) groups is 3. The smallest absolute Gasteiger partial charge is 0.258 e. The molecule has 22 heavy (non-hydrogen) atoms. The van der Waals surface area contributed by atoms with Crippen LogP contribution < -0.4 is 20.7 Å². The number of ether oxygens (including phenoxy) is 1. The van der Waals surface area contributed by atoms with E-state index in [0.29, 0.717) is 17.2 Å². The Morgan fingerprint density at radius 3 is 2.82 bits per heavy atom. The number of hydrogen-bond donors (Lipinski definition) is 4. The van der Waals surface area contributed by atoms with Crippen LogP contribution >= 0.6 is 11.3 Å². The molecule has 8 nitrogen and oxygen atoms in total. The van der Waals surface area contributed by atoms with E-state index in [-0.39, 0.29) is 23.8 Å². The van der Waals surface area contributed by atoms with Crippen LogP contribution in [0.3, 0.4) is 0 Å². The molecule has 4 N–H and O–H groups in total. The van der Waals surface area contributed by atoms with Crippen molar-refractivity contribution in [3.63, 3.8) is 0 Å². The molecular formula is C13H17N3O5S. The summed E-state index contributed by atoms with van der Waals surface area (Å²) in [5.41, 5.74) is 0.201. The van der Waals surface area contributed by atoms with E-state index in [0.717, 1.165) is 0 Å². The Labute approximate surface area is 130 Å². The minimum atomic E-state index is -1.14. The third kappa shape index (κ3) is 3.55. The van der Waals surface area contributed by atoms with Crippen molar-refractivity contribution in [1.82, 2.24) is 10.6 Å². The Kier molecular flexibility index (Phi) is 4.99. The van der Waals surface area contributed by atoms with Crippen LogP contribution in [-0.4, -0.2) is 42.2 Å². The largest absolute Gasteiger partial charge is 0.495 e. The molecule has 2 atom stereocenters. The Bertz CT molecular complexity index is 600. The standard InChI is InChI=1S/C13H17N3O5S/c1-6(17)14-13-10(8(21-2)5-22-13)12(20)15-7-3-4-9(18)16-11(7)19/h5,7,11,19H,3-4H2,1-2H3,(H,14,17)(H,15,20)(H,16,18). The van der Waals surface area contributed by atoms with E-state index in [9.17, 15) is 19.5 Å². The van der Waals surface area contributed by atoms with Crippen LogP contribution in [0.25, 0.3) is 0 Å². The minimum Gasteiger partial charge on any atom is -0.495 e. The predicted molar refractivity (Wildman–Crippen MR) is 79.8 cm³/mol. The van der Waals surface area contributed by atoms with Crippen molar-refractivity contribution >= 4 is 34.1 Å². The summed E-state index contributed by atoms with van der Waals surface area (Å²) < 4.78 is 5.13. The first kappa shape index (κ1) is 16.2. The summed E-state index contributed by atoms with van der Waals surface area (Å²) in [5, 5.41) is 19.3. The molecule has 0 spiro atoms. The maximum absolute atomic E-state index is 12.4. The summed E-state index contributed by atoms with van der Waals surface area (Å²) in [7, 11) is 1.42. The number of anilines is 1. The molecule has 9 heteroatoms. The van der Waals surface area contributed by atoms with Crippen LogP contribution in [0.4, 0.5) is 5.00 Å². The number of piperidine rings is 1. The number of aliphatic hydroxyl groups excluding tert-OH is 1. The maximum atomic E-state index is 12.4. The summed E-state index contributed by atoms with van der Waals surface area (Å²) in [6.07, 6.45) is -0.582. The summed E-state index contributed by atoms with van der Waals surface area (Å²) in [4.78, 5) is 34.8. The van der Waals surface area contributed by atoms with Gasteiger partial charge in [0, 0.05) is 18.7 Å². The van der Waals surface area contributed by atoms with Crippen LogP contribution in [-0.2, 0) is 9.59 Å². The third-order valence-electron chi connectivity index (χ3n) is 3.18. The second-order valence-corrected chi connectivity index (χ2v) is 5.70. The van der Waals surface area contributed by atoms with Gasteiger partial charge in [-0.05, 0) is 6.42 Å². The fraction of sp³-hybridized carbons (Fsp3) is 0.462. The Morgan fingerprint density at radius 1 is 1.50 bits per heavy atom. The minimum absolute atomic E-state index is 0.201. The molecule has 0 saturated carbocycles. The second kappa shape index (κ2) is 6.75. The van der Waals surface area contributed by atoms with Crippen LogP contribution in [0, 0.1) is 0 Å². The van der Waals surface area contributed by atoms with Gasteiger partial charge in [0.2, 0.25) is 11.8 Å². The van der Waals surface area contributed by atoms with E-state index in [2.05, 4.69) is 16.0 Å². The van der Waals surface area contributed by atoms with Gasteiger partial charge < -0.3 is 25.8 Å². The SMILES string of the molecule is COc1csc(NC(C)=O)c1C(=O)NC1CCC(=O)NC1O. The van der Waals surface area contributed by atoms with Crippen molar-refractivity contribution in [2.24, 2.45) is 0 Å². The van der Waals surface area contributed by atoms with Gasteiger partial charge in [-0.3, -0.25) is 14.4 Å². The van der Waals surface area contributed by atoms with Crippen molar-refractivity contribution in [3.05, 3.63) is 10.9 Å². The quantitative estimate of drug-likeness (QED) is 0.623. The zero-order valence-corrected chi connectivity index (χ0v) is 13.0. The van der Waals surface area contributed by atoms with Crippen molar-refractivity contribution in [3.8, 4) is 5.75 Å². The number of rotatable bonds is 4. The van der Waals surface area contributed by atoms with Crippen molar-refractivity contribution in [2.45, 2.75) is 32.0 Å². The van der Waals surface area contributed by atoms with Crippen molar-refractivity contribution in [2.75, 3.05) is 12.4 Å². The van der Waals surface area contributed by atoms with E-state index in [1.807, 2.05) is 0 Å². The highest BCUT2D eigenvalue weighted by Gasteiger charge is 2.30. The zero-order valence-electron chi connectivity index (χ0n) is 12.1. The fourth-order valence-electron chi connectivity index (χ4n) is 2.13. The van der Waals surface area contributed by atoms with E-state index in [4.69, 9.17) is 4.74 Å². The average molecular weight is 327 g/mol. The predicted octanol–water partition coefficient (Wildman–Crippen LogP) is 0.0419. The molecule has 1 aliphatic rings. The van der Waals surface area contributed by atoms with E-state index >= 15 is 0 Å². The number of amides is 3. The number of aliphatic hydroxyl groups is 1. The summed E-state index contributed by atoms with van der Waals surface area (Å²) in [5.74, 6) is -0.712. The summed E-state index contributed by atoms with van der Waals surface area (Å²) in [6, 6.07) is -0.597. The number of methoxy groups -OCH3 is 1. The van der Waals surface area contributed by atoms with Gasteiger partial charge in [0.1, 0.15) is 22.5 Å². The van der Waals surface area contributed by atoms with E-state index < -0.39 is 18.2 Å². The van der Waals surface area contributed by atoms with Crippen LogP contribution in [0.15, 0.2) is 5.38 Å². The number of hydrogen-bond acceptors (Lipinski definition) is 6. The third-order valence-corrected chi connectivity index (χ3v) is 4.06. The van der Waals surface area contributed by atoms with Crippen molar-refractivity contribution in [1.29, 1.82) is 0 Å². The molecule has 2 rings (SSSR count). The zero-order chi connectivity index (χ0) is 16.3. The van der Waals surface area contributed by atoms with Crippen molar-refractivity contribution < 1.29 is 24.2 Å². The van der Waals surface area contributed by atoms with Crippen LogP contribution in [0.2, 0.25) is 0 Å². The van der Waals surface area contributed by atoms with E-state index in [1.54, 1.807) is 5.38 Å². The first-order valence-electron chi connectivity index (χ1n) is 6.63. The van der Waals surface area contributed by atoms with Crippen LogP contribution in [0.5, 0.6) is 5.75 Å². The maximum Gasteiger partial charge on any atom is 0.258 e. The summed E-state index contributed by atoms with van der Waals surface area (Å²) >= 11 is 1.17. The van der Waals surface area contributed by atoms with Gasteiger partial charge in [-0.2, -0.15) is 0 Å². The lowest BCUT2D eigenvalue weighted by Crippen LogP contribution is -2.55. The van der Waals surface area contributed by atoms with Gasteiger partial charge >= 0.3 is 0 Å². The molecule has 1 fully saturated rings. The molecule has 1 aromatic heterocycles. The normalized spacial score (nSPS) is 21.0.